The summed E-state index contributed by atoms with van der Waals surface area (Å²) in [4.78, 5) is 11.2. The largest absolute Gasteiger partial charge is 0.370 e. The minimum atomic E-state index is -0.171. The van der Waals surface area contributed by atoms with E-state index in [1.54, 1.807) is 6.07 Å². The van der Waals surface area contributed by atoms with E-state index < -0.39 is 0 Å². The number of aryl methyl sites for hydroxylation is 2. The number of anilines is 3. The molecule has 0 atom stereocenters. The van der Waals surface area contributed by atoms with Crippen molar-refractivity contribution in [3.63, 3.8) is 0 Å². The SMILES string of the molecule is CCN(c1cccc(C)c1)c1cc(NCCc2ccccc2F)nc(C)n1. The molecule has 4 nitrogen and oxygen atoms in total. The summed E-state index contributed by atoms with van der Waals surface area (Å²) in [7, 11) is 0. The van der Waals surface area contributed by atoms with Gasteiger partial charge >= 0.3 is 0 Å². The number of benzene rings is 2. The number of nitrogens with one attached hydrogen (secondary N) is 1. The first kappa shape index (κ1) is 18.8. The Kier molecular flexibility index (Phi) is 6.01. The van der Waals surface area contributed by atoms with Crippen molar-refractivity contribution < 1.29 is 4.39 Å². The van der Waals surface area contributed by atoms with Gasteiger partial charge in [0.25, 0.3) is 0 Å². The molecule has 140 valence electrons. The van der Waals surface area contributed by atoms with Crippen LogP contribution in [-0.4, -0.2) is 23.1 Å². The second-order valence-corrected chi connectivity index (χ2v) is 6.51. The van der Waals surface area contributed by atoms with Crippen molar-refractivity contribution in [2.24, 2.45) is 0 Å². The molecule has 0 saturated carbocycles. The Balaban J connectivity index is 1.76. The van der Waals surface area contributed by atoms with Gasteiger partial charge in [-0.1, -0.05) is 30.3 Å². The summed E-state index contributed by atoms with van der Waals surface area (Å²) in [5.41, 5.74) is 3.01. The van der Waals surface area contributed by atoms with Gasteiger partial charge in [-0.3, -0.25) is 0 Å². The van der Waals surface area contributed by atoms with Gasteiger partial charge in [-0.25, -0.2) is 14.4 Å². The second kappa shape index (κ2) is 8.62. The van der Waals surface area contributed by atoms with Crippen LogP contribution in [0.3, 0.4) is 0 Å². The van der Waals surface area contributed by atoms with Gasteiger partial charge in [0.1, 0.15) is 23.3 Å². The highest BCUT2D eigenvalue weighted by Gasteiger charge is 2.11. The lowest BCUT2D eigenvalue weighted by Crippen LogP contribution is -2.19. The number of aromatic nitrogens is 2. The molecule has 0 bridgehead atoms. The Morgan fingerprint density at radius 3 is 2.56 bits per heavy atom. The van der Waals surface area contributed by atoms with E-state index in [0.717, 1.165) is 23.9 Å². The number of rotatable bonds is 7. The van der Waals surface area contributed by atoms with Crippen LogP contribution >= 0.6 is 0 Å². The van der Waals surface area contributed by atoms with Crippen LogP contribution in [0, 0.1) is 19.7 Å². The van der Waals surface area contributed by atoms with Gasteiger partial charge < -0.3 is 10.2 Å². The van der Waals surface area contributed by atoms with E-state index in [-0.39, 0.29) is 5.82 Å². The van der Waals surface area contributed by atoms with Crippen LogP contribution in [0.25, 0.3) is 0 Å². The third-order valence-electron chi connectivity index (χ3n) is 4.39. The summed E-state index contributed by atoms with van der Waals surface area (Å²) in [6, 6.07) is 17.2. The summed E-state index contributed by atoms with van der Waals surface area (Å²) in [6.45, 7) is 7.47. The predicted octanol–water partition coefficient (Wildman–Crippen LogP) is 5.05. The fourth-order valence-electron chi connectivity index (χ4n) is 3.08. The zero-order valence-electron chi connectivity index (χ0n) is 16.0. The third kappa shape index (κ3) is 4.82. The molecule has 27 heavy (non-hydrogen) atoms. The zero-order valence-corrected chi connectivity index (χ0v) is 16.0. The first-order chi connectivity index (χ1) is 13.1. The van der Waals surface area contributed by atoms with Crippen molar-refractivity contribution >= 4 is 17.3 Å². The first-order valence-corrected chi connectivity index (χ1v) is 9.24. The molecular weight excluding hydrogens is 339 g/mol. The molecule has 0 amide bonds. The van der Waals surface area contributed by atoms with Crippen LogP contribution in [0.15, 0.2) is 54.6 Å². The molecule has 0 saturated heterocycles. The molecule has 0 radical (unpaired) electrons. The molecule has 1 N–H and O–H groups in total. The molecule has 0 fully saturated rings. The number of hydrogen-bond donors (Lipinski definition) is 1. The van der Waals surface area contributed by atoms with E-state index in [9.17, 15) is 4.39 Å². The highest BCUT2D eigenvalue weighted by atomic mass is 19.1. The quantitative estimate of drug-likeness (QED) is 0.637. The third-order valence-corrected chi connectivity index (χ3v) is 4.39. The van der Waals surface area contributed by atoms with Gasteiger partial charge in [-0.2, -0.15) is 0 Å². The van der Waals surface area contributed by atoms with Gasteiger partial charge in [-0.15, -0.1) is 0 Å². The molecule has 3 rings (SSSR count). The van der Waals surface area contributed by atoms with Crippen molar-refractivity contribution in [1.29, 1.82) is 0 Å². The van der Waals surface area contributed by atoms with Crippen molar-refractivity contribution in [2.75, 3.05) is 23.3 Å². The van der Waals surface area contributed by atoms with Crippen LogP contribution in [0.2, 0.25) is 0 Å². The lowest BCUT2D eigenvalue weighted by atomic mass is 10.1. The summed E-state index contributed by atoms with van der Waals surface area (Å²) < 4.78 is 13.8. The maximum atomic E-state index is 13.8. The summed E-state index contributed by atoms with van der Waals surface area (Å²) >= 11 is 0. The van der Waals surface area contributed by atoms with Gasteiger partial charge in [-0.05, 0) is 56.5 Å². The molecule has 3 aromatic rings. The molecule has 0 unspecified atom stereocenters. The number of nitrogens with zero attached hydrogens (tertiary/aromatic N) is 3. The van der Waals surface area contributed by atoms with Crippen molar-refractivity contribution in [3.05, 3.63) is 77.4 Å². The van der Waals surface area contributed by atoms with E-state index >= 15 is 0 Å². The Morgan fingerprint density at radius 1 is 1.00 bits per heavy atom. The zero-order chi connectivity index (χ0) is 19.2. The average Bonchev–Trinajstić information content (AvgIpc) is 2.64. The second-order valence-electron chi connectivity index (χ2n) is 6.51. The molecular formula is C22H25FN4. The Bertz CT molecular complexity index is 910. The van der Waals surface area contributed by atoms with Crippen LogP contribution in [-0.2, 0) is 6.42 Å². The fourth-order valence-corrected chi connectivity index (χ4v) is 3.08. The van der Waals surface area contributed by atoms with Crippen LogP contribution in [0.1, 0.15) is 23.9 Å². The molecule has 0 spiro atoms. The van der Waals surface area contributed by atoms with Crippen molar-refractivity contribution in [1.82, 2.24) is 9.97 Å². The van der Waals surface area contributed by atoms with Gasteiger partial charge in [0.05, 0.1) is 0 Å². The summed E-state index contributed by atoms with van der Waals surface area (Å²) in [5.74, 6) is 2.13. The normalized spacial score (nSPS) is 10.7. The molecule has 1 heterocycles. The number of halogens is 1. The summed E-state index contributed by atoms with van der Waals surface area (Å²) in [5, 5.41) is 3.30. The van der Waals surface area contributed by atoms with Gasteiger partial charge in [0, 0.05) is 24.8 Å². The van der Waals surface area contributed by atoms with E-state index in [2.05, 4.69) is 58.3 Å². The standard InChI is InChI=1S/C22H25FN4/c1-4-27(19-10-7-8-16(2)14-19)22-15-21(25-17(3)26-22)24-13-12-18-9-5-6-11-20(18)23/h5-11,14-15H,4,12-13H2,1-3H3,(H,24,25,26). The van der Waals surface area contributed by atoms with E-state index in [1.165, 1.54) is 11.6 Å². The maximum Gasteiger partial charge on any atom is 0.138 e. The molecule has 0 aliphatic carbocycles. The Morgan fingerprint density at radius 2 is 1.81 bits per heavy atom. The first-order valence-electron chi connectivity index (χ1n) is 9.24. The van der Waals surface area contributed by atoms with E-state index in [4.69, 9.17) is 0 Å². The van der Waals surface area contributed by atoms with Crippen molar-refractivity contribution in [3.8, 4) is 0 Å². The van der Waals surface area contributed by atoms with E-state index in [1.807, 2.05) is 25.1 Å². The molecule has 2 aromatic carbocycles. The Hall–Kier alpha value is -2.95. The molecule has 0 aliphatic rings. The maximum absolute atomic E-state index is 13.8. The van der Waals surface area contributed by atoms with Gasteiger partial charge in [0.2, 0.25) is 0 Å². The lowest BCUT2D eigenvalue weighted by Gasteiger charge is -2.23. The molecule has 1 aromatic heterocycles. The predicted molar refractivity (Wildman–Crippen MR) is 109 cm³/mol. The molecule has 5 heteroatoms. The lowest BCUT2D eigenvalue weighted by molar-refractivity contribution is 0.610. The highest BCUT2D eigenvalue weighted by Crippen LogP contribution is 2.26. The number of hydrogen-bond acceptors (Lipinski definition) is 4. The fraction of sp³-hybridized carbons (Fsp3) is 0.273. The van der Waals surface area contributed by atoms with Crippen LogP contribution in [0.4, 0.5) is 21.7 Å². The minimum absolute atomic E-state index is 0.171. The van der Waals surface area contributed by atoms with Gasteiger partial charge in [0.15, 0.2) is 0 Å². The monoisotopic (exact) mass is 364 g/mol. The smallest absolute Gasteiger partial charge is 0.138 e. The average molecular weight is 364 g/mol. The van der Waals surface area contributed by atoms with Crippen molar-refractivity contribution in [2.45, 2.75) is 27.2 Å². The van der Waals surface area contributed by atoms with E-state index in [0.29, 0.717) is 24.4 Å². The Labute approximate surface area is 160 Å². The summed E-state index contributed by atoms with van der Waals surface area (Å²) in [6.07, 6.45) is 0.598. The highest BCUT2D eigenvalue weighted by molar-refractivity contribution is 5.63. The minimum Gasteiger partial charge on any atom is -0.370 e. The van der Waals surface area contributed by atoms with Crippen LogP contribution < -0.4 is 10.2 Å². The molecule has 0 aliphatic heterocycles. The topological polar surface area (TPSA) is 41.0 Å². The van der Waals surface area contributed by atoms with Crippen LogP contribution in [0.5, 0.6) is 0 Å².